The fraction of sp³-hybridized carbons (Fsp3) is 0.600. The molecule has 0 spiro atoms. The number of amides is 1. The highest BCUT2D eigenvalue weighted by atomic mass is 16.7. The normalized spacial score (nSPS) is 11.5. The van der Waals surface area contributed by atoms with Crippen LogP contribution in [0, 0.1) is 0 Å². The van der Waals surface area contributed by atoms with E-state index in [0.717, 1.165) is 0 Å². The van der Waals surface area contributed by atoms with Gasteiger partial charge in [0.2, 0.25) is 0 Å². The van der Waals surface area contributed by atoms with Gasteiger partial charge >= 0.3 is 0 Å². The summed E-state index contributed by atoms with van der Waals surface area (Å²) in [6.45, 7) is 6.07. The van der Waals surface area contributed by atoms with Crippen molar-refractivity contribution < 1.29 is 9.63 Å². The van der Waals surface area contributed by atoms with Gasteiger partial charge in [-0.1, -0.05) is 0 Å². The lowest BCUT2D eigenvalue weighted by atomic mass is 10.1. The smallest absolute Gasteiger partial charge is 0.274 e. The van der Waals surface area contributed by atoms with E-state index in [0.29, 0.717) is 5.56 Å². The fourth-order valence-electron chi connectivity index (χ4n) is 1.06. The molecule has 84 valence electrons. The van der Waals surface area contributed by atoms with Crippen LogP contribution >= 0.6 is 0 Å². The van der Waals surface area contributed by atoms with E-state index in [4.69, 9.17) is 4.84 Å². The zero-order valence-electron chi connectivity index (χ0n) is 9.81. The van der Waals surface area contributed by atoms with Crippen molar-refractivity contribution in [3.8, 4) is 0 Å². The van der Waals surface area contributed by atoms with Gasteiger partial charge in [0.1, 0.15) is 0 Å². The third-order valence-corrected chi connectivity index (χ3v) is 2.08. The van der Waals surface area contributed by atoms with Crippen molar-refractivity contribution in [2.75, 3.05) is 14.2 Å². The molecule has 0 unspecified atom stereocenters. The quantitative estimate of drug-likeness (QED) is 0.692. The van der Waals surface area contributed by atoms with Gasteiger partial charge in [-0.15, -0.1) is 0 Å². The molecule has 0 bridgehead atoms. The van der Waals surface area contributed by atoms with Gasteiger partial charge in [-0.05, 0) is 20.8 Å². The maximum Gasteiger partial charge on any atom is 0.280 e. The molecule has 1 heterocycles. The molecule has 5 heteroatoms. The van der Waals surface area contributed by atoms with E-state index in [1.807, 2.05) is 20.8 Å². The van der Waals surface area contributed by atoms with Crippen molar-refractivity contribution >= 4 is 5.91 Å². The van der Waals surface area contributed by atoms with E-state index in [1.165, 1.54) is 12.2 Å². The van der Waals surface area contributed by atoms with E-state index in [-0.39, 0.29) is 11.4 Å². The number of carbonyl (C=O) groups is 1. The van der Waals surface area contributed by atoms with Crippen molar-refractivity contribution in [1.29, 1.82) is 0 Å². The zero-order valence-corrected chi connectivity index (χ0v) is 9.81. The lowest BCUT2D eigenvalue weighted by Crippen LogP contribution is -2.25. The average Bonchev–Trinajstić information content (AvgIpc) is 2.63. The van der Waals surface area contributed by atoms with Crippen LogP contribution < -0.4 is 0 Å². The van der Waals surface area contributed by atoms with E-state index in [9.17, 15) is 4.79 Å². The summed E-state index contributed by atoms with van der Waals surface area (Å²) in [4.78, 5) is 16.5. The van der Waals surface area contributed by atoms with Crippen molar-refractivity contribution in [2.24, 2.45) is 0 Å². The van der Waals surface area contributed by atoms with Gasteiger partial charge in [0.15, 0.2) is 0 Å². The Labute approximate surface area is 89.6 Å². The molecule has 0 aromatic carbocycles. The maximum absolute atomic E-state index is 11.7. The summed E-state index contributed by atoms with van der Waals surface area (Å²) in [6, 6.07) is 0. The van der Waals surface area contributed by atoms with E-state index < -0.39 is 0 Å². The van der Waals surface area contributed by atoms with Gasteiger partial charge < -0.3 is 0 Å². The lowest BCUT2D eigenvalue weighted by molar-refractivity contribution is -0.0757. The molecular weight excluding hydrogens is 194 g/mol. The Kier molecular flexibility index (Phi) is 3.14. The molecule has 0 fully saturated rings. The molecule has 1 aromatic heterocycles. The van der Waals surface area contributed by atoms with Gasteiger partial charge in [0, 0.05) is 13.2 Å². The molecule has 1 amide bonds. The van der Waals surface area contributed by atoms with Crippen LogP contribution in [0.5, 0.6) is 0 Å². The van der Waals surface area contributed by atoms with E-state index >= 15 is 0 Å². The molecule has 1 aromatic rings. The number of aromatic nitrogens is 2. The van der Waals surface area contributed by atoms with Gasteiger partial charge in [-0.25, -0.2) is 5.06 Å². The molecule has 0 aliphatic rings. The van der Waals surface area contributed by atoms with Crippen molar-refractivity contribution in [3.05, 3.63) is 18.0 Å². The molecule has 0 atom stereocenters. The van der Waals surface area contributed by atoms with Crippen LogP contribution in [0.2, 0.25) is 0 Å². The van der Waals surface area contributed by atoms with Gasteiger partial charge in [-0.3, -0.25) is 14.3 Å². The Morgan fingerprint density at radius 2 is 2.13 bits per heavy atom. The third kappa shape index (κ3) is 2.56. The van der Waals surface area contributed by atoms with Crippen LogP contribution in [0.15, 0.2) is 12.4 Å². The van der Waals surface area contributed by atoms with E-state index in [1.54, 1.807) is 24.1 Å². The second kappa shape index (κ2) is 4.02. The lowest BCUT2D eigenvalue weighted by Gasteiger charge is -2.18. The third-order valence-electron chi connectivity index (χ3n) is 2.08. The topological polar surface area (TPSA) is 47.4 Å². The molecule has 0 saturated heterocycles. The molecule has 15 heavy (non-hydrogen) atoms. The van der Waals surface area contributed by atoms with Crippen LogP contribution in [0.1, 0.15) is 31.1 Å². The summed E-state index contributed by atoms with van der Waals surface area (Å²) in [5.41, 5.74) is 0.402. The van der Waals surface area contributed by atoms with E-state index in [2.05, 4.69) is 5.10 Å². The molecule has 5 nitrogen and oxygen atoms in total. The van der Waals surface area contributed by atoms with Crippen LogP contribution in [0.25, 0.3) is 0 Å². The number of rotatable bonds is 2. The molecule has 0 radical (unpaired) electrons. The fourth-order valence-corrected chi connectivity index (χ4v) is 1.06. The predicted molar refractivity (Wildman–Crippen MR) is 56.3 cm³/mol. The Bertz CT molecular complexity index is 352. The van der Waals surface area contributed by atoms with Crippen molar-refractivity contribution in [3.63, 3.8) is 0 Å². The molecule has 0 N–H and O–H groups in total. The second-order valence-corrected chi connectivity index (χ2v) is 4.33. The zero-order chi connectivity index (χ0) is 11.6. The first-order valence-corrected chi connectivity index (χ1v) is 4.73. The summed E-state index contributed by atoms with van der Waals surface area (Å²) in [5, 5.41) is 5.31. The highest BCUT2D eigenvalue weighted by Crippen LogP contribution is 2.13. The maximum atomic E-state index is 11.7. The summed E-state index contributed by atoms with van der Waals surface area (Å²) < 4.78 is 1.75. The SMILES string of the molecule is CON(C)C(=O)c1cnn(C(C)(C)C)c1. The Morgan fingerprint density at radius 3 is 2.53 bits per heavy atom. The van der Waals surface area contributed by atoms with Gasteiger partial charge in [0.05, 0.1) is 24.4 Å². The highest BCUT2D eigenvalue weighted by Gasteiger charge is 2.18. The Hall–Kier alpha value is -1.36. The summed E-state index contributed by atoms with van der Waals surface area (Å²) >= 11 is 0. The number of hydroxylamine groups is 2. The number of hydrogen-bond acceptors (Lipinski definition) is 3. The molecule has 0 aliphatic carbocycles. The monoisotopic (exact) mass is 211 g/mol. The van der Waals surface area contributed by atoms with Crippen LogP contribution in [0.3, 0.4) is 0 Å². The van der Waals surface area contributed by atoms with Crippen LogP contribution in [-0.2, 0) is 10.4 Å². The minimum absolute atomic E-state index is 0.121. The van der Waals surface area contributed by atoms with Gasteiger partial charge in [-0.2, -0.15) is 5.10 Å². The number of carbonyl (C=O) groups excluding carboxylic acids is 1. The minimum Gasteiger partial charge on any atom is -0.274 e. The Balaban J connectivity index is 2.90. The molecule has 0 aliphatic heterocycles. The number of nitrogens with zero attached hydrogens (tertiary/aromatic N) is 3. The average molecular weight is 211 g/mol. The molecular formula is C10H17N3O2. The van der Waals surface area contributed by atoms with Crippen molar-refractivity contribution in [1.82, 2.24) is 14.8 Å². The van der Waals surface area contributed by atoms with Crippen molar-refractivity contribution in [2.45, 2.75) is 26.3 Å². The molecule has 1 rings (SSSR count). The van der Waals surface area contributed by atoms with Crippen LogP contribution in [-0.4, -0.2) is 34.9 Å². The standard InChI is InChI=1S/C10H17N3O2/c1-10(2,3)13-7-8(6-11-13)9(14)12(4)15-5/h6-7H,1-5H3. The highest BCUT2D eigenvalue weighted by molar-refractivity contribution is 5.92. The largest absolute Gasteiger partial charge is 0.280 e. The van der Waals surface area contributed by atoms with Crippen LogP contribution in [0.4, 0.5) is 0 Å². The first kappa shape index (κ1) is 11.7. The minimum atomic E-state index is -0.201. The second-order valence-electron chi connectivity index (χ2n) is 4.33. The summed E-state index contributed by atoms with van der Waals surface area (Å²) in [6.07, 6.45) is 3.26. The first-order chi connectivity index (χ1) is 6.86. The molecule has 0 saturated carbocycles. The van der Waals surface area contributed by atoms with Gasteiger partial charge in [0.25, 0.3) is 5.91 Å². The number of hydrogen-bond donors (Lipinski definition) is 0. The predicted octanol–water partition coefficient (Wildman–Crippen LogP) is 1.27. The Morgan fingerprint density at radius 1 is 1.53 bits per heavy atom. The summed E-state index contributed by atoms with van der Waals surface area (Å²) in [7, 11) is 3.02. The summed E-state index contributed by atoms with van der Waals surface area (Å²) in [5.74, 6) is -0.201. The first-order valence-electron chi connectivity index (χ1n) is 4.73.